The van der Waals surface area contributed by atoms with Crippen LogP contribution in [0.25, 0.3) is 0 Å². The smallest absolute Gasteiger partial charge is 0.264 e. The third-order valence-electron chi connectivity index (χ3n) is 7.43. The van der Waals surface area contributed by atoms with Crippen LogP contribution in [0, 0.1) is 25.6 Å². The van der Waals surface area contributed by atoms with E-state index in [2.05, 4.69) is 5.32 Å². The van der Waals surface area contributed by atoms with Gasteiger partial charge in [0.1, 0.15) is 18.4 Å². The third-order valence-corrected chi connectivity index (χ3v) is 9.22. The number of nitrogens with zero attached hydrogens (tertiary/aromatic N) is 2. The van der Waals surface area contributed by atoms with Gasteiger partial charge in [-0.3, -0.25) is 13.9 Å². The fraction of sp³-hybridized carbons (Fsp3) is 0.278. The minimum absolute atomic E-state index is 0.0873. The predicted molar refractivity (Wildman–Crippen MR) is 176 cm³/mol. The van der Waals surface area contributed by atoms with E-state index in [4.69, 9.17) is 0 Å². The molecule has 4 aromatic rings. The van der Waals surface area contributed by atoms with E-state index in [1.165, 1.54) is 17.0 Å². The first kappa shape index (κ1) is 33.4. The molecular weight excluding hydrogens is 589 g/mol. The number of hydrogen-bond acceptors (Lipinski definition) is 4. The van der Waals surface area contributed by atoms with Crippen LogP contribution in [-0.2, 0) is 32.6 Å². The second-order valence-corrected chi connectivity index (χ2v) is 13.5. The second kappa shape index (κ2) is 15.0. The van der Waals surface area contributed by atoms with Crippen LogP contribution in [-0.4, -0.2) is 44.3 Å². The third kappa shape index (κ3) is 9.01. The monoisotopic (exact) mass is 629 g/mol. The lowest BCUT2D eigenvalue weighted by molar-refractivity contribution is -0.140. The van der Waals surface area contributed by atoms with Crippen LogP contribution in [0.4, 0.5) is 10.1 Å². The SMILES string of the molecule is Cc1ccc(CN(C(=O)CN(c2ccc(C)cc2)S(=O)(=O)c2ccc(F)cc2)[C@@H](Cc2ccccc2)C(=O)NCC(C)C)cc1. The number of sulfonamides is 1. The highest BCUT2D eigenvalue weighted by Gasteiger charge is 2.34. The van der Waals surface area contributed by atoms with Crippen LogP contribution in [0.1, 0.15) is 36.1 Å². The summed E-state index contributed by atoms with van der Waals surface area (Å²) >= 11 is 0. The Morgan fingerprint density at radius 1 is 0.778 bits per heavy atom. The first-order valence-corrected chi connectivity index (χ1v) is 16.4. The summed E-state index contributed by atoms with van der Waals surface area (Å²) in [5.41, 5.74) is 3.89. The van der Waals surface area contributed by atoms with Gasteiger partial charge in [-0.2, -0.15) is 0 Å². The summed E-state index contributed by atoms with van der Waals surface area (Å²) in [7, 11) is -4.30. The van der Waals surface area contributed by atoms with Crippen LogP contribution in [0.15, 0.2) is 108 Å². The van der Waals surface area contributed by atoms with E-state index in [0.717, 1.165) is 38.7 Å². The van der Waals surface area contributed by atoms with Crippen molar-refractivity contribution in [3.8, 4) is 0 Å². The molecule has 45 heavy (non-hydrogen) atoms. The topological polar surface area (TPSA) is 86.8 Å². The molecule has 0 heterocycles. The molecule has 4 rings (SSSR count). The van der Waals surface area contributed by atoms with Gasteiger partial charge in [-0.25, -0.2) is 12.8 Å². The number of anilines is 1. The van der Waals surface area contributed by atoms with Crippen molar-refractivity contribution >= 4 is 27.5 Å². The normalized spacial score (nSPS) is 12.0. The van der Waals surface area contributed by atoms with E-state index in [1.54, 1.807) is 24.3 Å². The molecule has 0 saturated carbocycles. The van der Waals surface area contributed by atoms with Gasteiger partial charge >= 0.3 is 0 Å². The standard InChI is InChI=1S/C36H40FN3O4S/c1-26(2)23-38-36(42)34(22-29-8-6-5-7-9-29)39(24-30-14-10-27(3)11-15-30)35(41)25-40(32-18-12-28(4)13-19-32)45(43,44)33-20-16-31(37)17-21-33/h5-21,26,34H,22-25H2,1-4H3,(H,38,42)/t34-/m0/s1. The van der Waals surface area contributed by atoms with Crippen molar-refractivity contribution < 1.29 is 22.4 Å². The number of aryl methyl sites for hydroxylation is 2. The minimum atomic E-state index is -4.30. The summed E-state index contributed by atoms with van der Waals surface area (Å²) < 4.78 is 42.8. The average Bonchev–Trinajstić information content (AvgIpc) is 3.02. The Kier molecular flexibility index (Phi) is 11.1. The summed E-state index contributed by atoms with van der Waals surface area (Å²) in [6.07, 6.45) is 0.234. The van der Waals surface area contributed by atoms with Crippen LogP contribution < -0.4 is 9.62 Å². The van der Waals surface area contributed by atoms with Crippen molar-refractivity contribution in [2.45, 2.75) is 51.6 Å². The molecule has 0 spiro atoms. The molecule has 0 unspecified atom stereocenters. The molecule has 0 aromatic heterocycles. The van der Waals surface area contributed by atoms with Crippen molar-refractivity contribution in [1.82, 2.24) is 10.2 Å². The Morgan fingerprint density at radius 3 is 1.93 bits per heavy atom. The molecule has 0 radical (unpaired) electrons. The molecule has 0 saturated heterocycles. The summed E-state index contributed by atoms with van der Waals surface area (Å²) in [5.74, 6) is -1.27. The van der Waals surface area contributed by atoms with Gasteiger partial charge in [-0.05, 0) is 67.3 Å². The zero-order chi connectivity index (χ0) is 32.6. The molecule has 1 atom stereocenters. The van der Waals surface area contributed by atoms with E-state index >= 15 is 0 Å². The number of benzene rings is 4. The Hall–Kier alpha value is -4.50. The molecule has 236 valence electrons. The number of rotatable bonds is 13. The second-order valence-electron chi connectivity index (χ2n) is 11.7. The molecule has 0 fully saturated rings. The van der Waals surface area contributed by atoms with Crippen molar-refractivity contribution in [3.05, 3.63) is 131 Å². The summed E-state index contributed by atoms with van der Waals surface area (Å²) in [4.78, 5) is 29.6. The van der Waals surface area contributed by atoms with Gasteiger partial charge in [-0.1, -0.05) is 91.7 Å². The Morgan fingerprint density at radius 2 is 1.36 bits per heavy atom. The first-order valence-electron chi connectivity index (χ1n) is 15.0. The molecule has 0 aliphatic heterocycles. The van der Waals surface area contributed by atoms with Gasteiger partial charge in [0.2, 0.25) is 11.8 Å². The quantitative estimate of drug-likeness (QED) is 0.195. The Bertz CT molecular complexity index is 1680. The van der Waals surface area contributed by atoms with E-state index in [1.807, 2.05) is 82.3 Å². The highest BCUT2D eigenvalue weighted by atomic mass is 32.2. The van der Waals surface area contributed by atoms with Crippen LogP contribution in [0.3, 0.4) is 0 Å². The van der Waals surface area contributed by atoms with Crippen molar-refractivity contribution in [2.75, 3.05) is 17.4 Å². The zero-order valence-corrected chi connectivity index (χ0v) is 26.9. The molecule has 0 aliphatic rings. The highest BCUT2D eigenvalue weighted by molar-refractivity contribution is 7.92. The lowest BCUT2D eigenvalue weighted by Gasteiger charge is -2.34. The van der Waals surface area contributed by atoms with Gasteiger partial charge < -0.3 is 10.2 Å². The number of nitrogens with one attached hydrogen (secondary N) is 1. The maximum absolute atomic E-state index is 14.5. The van der Waals surface area contributed by atoms with E-state index in [-0.39, 0.29) is 35.4 Å². The number of carbonyl (C=O) groups excluding carboxylic acids is 2. The van der Waals surface area contributed by atoms with Crippen LogP contribution >= 0.6 is 0 Å². The van der Waals surface area contributed by atoms with Gasteiger partial charge in [0.25, 0.3) is 10.0 Å². The number of amides is 2. The molecule has 7 nitrogen and oxygen atoms in total. The maximum atomic E-state index is 14.5. The number of hydrogen-bond donors (Lipinski definition) is 1. The summed E-state index contributed by atoms with van der Waals surface area (Å²) in [6.45, 7) is 7.75. The minimum Gasteiger partial charge on any atom is -0.354 e. The van der Waals surface area contributed by atoms with Gasteiger partial charge in [-0.15, -0.1) is 0 Å². The Labute approximate surface area is 265 Å². The summed E-state index contributed by atoms with van der Waals surface area (Å²) in [6, 6.07) is 27.4. The maximum Gasteiger partial charge on any atom is 0.264 e. The van der Waals surface area contributed by atoms with E-state index in [9.17, 15) is 22.4 Å². The van der Waals surface area contributed by atoms with Crippen LogP contribution in [0.2, 0.25) is 0 Å². The van der Waals surface area contributed by atoms with Crippen molar-refractivity contribution in [2.24, 2.45) is 5.92 Å². The summed E-state index contributed by atoms with van der Waals surface area (Å²) in [5, 5.41) is 2.99. The highest BCUT2D eigenvalue weighted by Crippen LogP contribution is 2.26. The van der Waals surface area contributed by atoms with Gasteiger partial charge in [0, 0.05) is 19.5 Å². The van der Waals surface area contributed by atoms with Gasteiger partial charge in [0.05, 0.1) is 10.6 Å². The zero-order valence-electron chi connectivity index (χ0n) is 26.1. The van der Waals surface area contributed by atoms with Crippen molar-refractivity contribution in [1.29, 1.82) is 0 Å². The van der Waals surface area contributed by atoms with Crippen LogP contribution in [0.5, 0.6) is 0 Å². The number of carbonyl (C=O) groups is 2. The molecule has 0 bridgehead atoms. The first-order chi connectivity index (χ1) is 21.4. The molecule has 4 aromatic carbocycles. The molecule has 0 aliphatic carbocycles. The molecule has 1 N–H and O–H groups in total. The Balaban J connectivity index is 1.79. The fourth-order valence-electron chi connectivity index (χ4n) is 4.84. The number of halogens is 1. The van der Waals surface area contributed by atoms with Crippen molar-refractivity contribution in [3.63, 3.8) is 0 Å². The predicted octanol–water partition coefficient (Wildman–Crippen LogP) is 6.05. The molecule has 9 heteroatoms. The fourth-order valence-corrected chi connectivity index (χ4v) is 6.25. The van der Waals surface area contributed by atoms with E-state index in [0.29, 0.717) is 6.54 Å². The molecular formula is C36H40FN3O4S. The average molecular weight is 630 g/mol. The van der Waals surface area contributed by atoms with E-state index < -0.39 is 34.3 Å². The lowest BCUT2D eigenvalue weighted by atomic mass is 10.0. The largest absolute Gasteiger partial charge is 0.354 e. The lowest BCUT2D eigenvalue weighted by Crippen LogP contribution is -2.53. The molecule has 2 amide bonds. The van der Waals surface area contributed by atoms with Gasteiger partial charge in [0.15, 0.2) is 0 Å².